The average Bonchev–Trinajstić information content (AvgIpc) is 3.13. The fourth-order valence-corrected chi connectivity index (χ4v) is 3.42. The van der Waals surface area contributed by atoms with Gasteiger partial charge in [-0.15, -0.1) is 5.10 Å². The van der Waals surface area contributed by atoms with Gasteiger partial charge in [0.05, 0.1) is 0 Å². The van der Waals surface area contributed by atoms with Gasteiger partial charge in [-0.25, -0.2) is 8.78 Å². The summed E-state index contributed by atoms with van der Waals surface area (Å²) in [6.07, 6.45) is 0.799. The zero-order valence-corrected chi connectivity index (χ0v) is 15.9. The summed E-state index contributed by atoms with van der Waals surface area (Å²) in [5, 5.41) is 6.40. The number of carbonyl (C=O) groups excluding carboxylic acids is 2. The Balaban J connectivity index is 1.89. The number of halogens is 4. The highest BCUT2D eigenvalue weighted by Crippen LogP contribution is 2.40. The third-order valence-corrected chi connectivity index (χ3v) is 4.77. The van der Waals surface area contributed by atoms with Crippen LogP contribution in [0.5, 0.6) is 5.88 Å². The van der Waals surface area contributed by atoms with Gasteiger partial charge in [0.2, 0.25) is 11.8 Å². The van der Waals surface area contributed by atoms with Crippen molar-refractivity contribution in [2.24, 2.45) is 11.7 Å². The lowest BCUT2D eigenvalue weighted by molar-refractivity contribution is -0.0537. The third-order valence-electron chi connectivity index (χ3n) is 4.77. The molecule has 0 spiro atoms. The summed E-state index contributed by atoms with van der Waals surface area (Å²) in [6.45, 7) is -1.87. The zero-order chi connectivity index (χ0) is 22.1. The van der Waals surface area contributed by atoms with E-state index in [2.05, 4.69) is 20.1 Å². The molecule has 2 aromatic rings. The number of nitrogens with one attached hydrogen (secondary N) is 1. The van der Waals surface area contributed by atoms with E-state index in [0.717, 1.165) is 4.68 Å². The standard InChI is InChI=1S/C18H19F4N5O3/c1-9-13(15(29)25-11-3-5-24-12(6-11)14(23)28)27(26-16(9)30-17(19)20)8-10-2-4-18(21,22)7-10/h3,5-6,10,17H,2,4,7-8H2,1H3,(H2,23,28)(H,24,25,29). The first-order chi connectivity index (χ1) is 14.1. The molecule has 2 amide bonds. The number of ether oxygens (including phenoxy) is 1. The highest BCUT2D eigenvalue weighted by atomic mass is 19.3. The second-order valence-electron chi connectivity index (χ2n) is 7.05. The van der Waals surface area contributed by atoms with Gasteiger partial charge in [-0.3, -0.25) is 19.3 Å². The van der Waals surface area contributed by atoms with E-state index in [-0.39, 0.29) is 48.4 Å². The number of hydrogen-bond donors (Lipinski definition) is 2. The molecule has 1 saturated carbocycles. The maximum atomic E-state index is 13.5. The summed E-state index contributed by atoms with van der Waals surface area (Å²) < 4.78 is 57.9. The largest absolute Gasteiger partial charge is 0.415 e. The molecule has 3 rings (SSSR count). The van der Waals surface area contributed by atoms with E-state index in [1.54, 1.807) is 0 Å². The van der Waals surface area contributed by atoms with Crippen molar-refractivity contribution in [2.45, 2.75) is 45.3 Å². The van der Waals surface area contributed by atoms with Crippen LogP contribution in [0, 0.1) is 12.8 Å². The van der Waals surface area contributed by atoms with Gasteiger partial charge in [0.15, 0.2) is 0 Å². The van der Waals surface area contributed by atoms with Gasteiger partial charge in [-0.2, -0.15) is 8.78 Å². The SMILES string of the molecule is Cc1c(OC(F)F)nn(CC2CCC(F)(F)C2)c1C(=O)Nc1ccnc(C(N)=O)c1. The summed E-state index contributed by atoms with van der Waals surface area (Å²) >= 11 is 0. The number of alkyl halides is 4. The second kappa shape index (κ2) is 8.28. The fourth-order valence-electron chi connectivity index (χ4n) is 3.42. The maximum absolute atomic E-state index is 13.5. The normalized spacial score (nSPS) is 17.9. The zero-order valence-electron chi connectivity index (χ0n) is 15.9. The predicted octanol–water partition coefficient (Wildman–Crippen LogP) is 2.97. The molecule has 8 nitrogen and oxygen atoms in total. The Morgan fingerprint density at radius 2 is 2.17 bits per heavy atom. The molecule has 0 bridgehead atoms. The topological polar surface area (TPSA) is 112 Å². The minimum atomic E-state index is -3.17. The van der Waals surface area contributed by atoms with Crippen LogP contribution in [0.25, 0.3) is 0 Å². The van der Waals surface area contributed by atoms with E-state index in [1.165, 1.54) is 25.3 Å². The average molecular weight is 429 g/mol. The highest BCUT2D eigenvalue weighted by Gasteiger charge is 2.40. The van der Waals surface area contributed by atoms with E-state index in [4.69, 9.17) is 5.73 Å². The Bertz CT molecular complexity index is 963. The molecule has 0 radical (unpaired) electrons. The summed E-state index contributed by atoms with van der Waals surface area (Å²) in [4.78, 5) is 27.8. The van der Waals surface area contributed by atoms with E-state index in [9.17, 15) is 27.2 Å². The van der Waals surface area contributed by atoms with Crippen molar-refractivity contribution in [3.05, 3.63) is 35.3 Å². The first kappa shape index (κ1) is 21.5. The van der Waals surface area contributed by atoms with Gasteiger partial charge in [0, 0.05) is 36.8 Å². The van der Waals surface area contributed by atoms with Crippen LogP contribution in [0.4, 0.5) is 23.2 Å². The van der Waals surface area contributed by atoms with Crippen LogP contribution in [0.3, 0.4) is 0 Å². The number of carbonyl (C=O) groups is 2. The van der Waals surface area contributed by atoms with E-state index in [0.29, 0.717) is 0 Å². The number of anilines is 1. The van der Waals surface area contributed by atoms with Gasteiger partial charge in [-0.05, 0) is 31.4 Å². The van der Waals surface area contributed by atoms with Crippen LogP contribution in [0.1, 0.15) is 45.8 Å². The lowest BCUT2D eigenvalue weighted by atomic mass is 10.1. The Morgan fingerprint density at radius 1 is 1.43 bits per heavy atom. The first-order valence-electron chi connectivity index (χ1n) is 9.03. The van der Waals surface area contributed by atoms with Crippen molar-refractivity contribution >= 4 is 17.5 Å². The van der Waals surface area contributed by atoms with E-state index in [1.807, 2.05) is 0 Å². The van der Waals surface area contributed by atoms with Crippen molar-refractivity contribution in [1.82, 2.24) is 14.8 Å². The van der Waals surface area contributed by atoms with Crippen LogP contribution in [0.15, 0.2) is 18.3 Å². The number of aromatic nitrogens is 3. The highest BCUT2D eigenvalue weighted by molar-refractivity contribution is 6.05. The number of nitrogens with zero attached hydrogens (tertiary/aromatic N) is 3. The van der Waals surface area contributed by atoms with Crippen LogP contribution < -0.4 is 15.8 Å². The van der Waals surface area contributed by atoms with Gasteiger partial charge >= 0.3 is 6.61 Å². The molecule has 2 aromatic heterocycles. The van der Waals surface area contributed by atoms with Gasteiger partial charge < -0.3 is 15.8 Å². The molecule has 1 aliphatic rings. The van der Waals surface area contributed by atoms with Crippen LogP contribution in [0.2, 0.25) is 0 Å². The number of pyridine rings is 1. The number of primary amides is 1. The van der Waals surface area contributed by atoms with Crippen LogP contribution in [-0.4, -0.2) is 39.1 Å². The first-order valence-corrected chi connectivity index (χ1v) is 9.03. The van der Waals surface area contributed by atoms with Gasteiger partial charge in [0.25, 0.3) is 11.8 Å². The maximum Gasteiger partial charge on any atom is 0.388 e. The predicted molar refractivity (Wildman–Crippen MR) is 96.6 cm³/mol. The lowest BCUT2D eigenvalue weighted by Crippen LogP contribution is -2.22. The molecule has 0 aliphatic heterocycles. The minimum absolute atomic E-state index is 0.0294. The number of rotatable bonds is 7. The van der Waals surface area contributed by atoms with Crippen LogP contribution >= 0.6 is 0 Å². The smallest absolute Gasteiger partial charge is 0.388 e. The summed E-state index contributed by atoms with van der Waals surface area (Å²) in [6, 6.07) is 2.64. The molecule has 0 aromatic carbocycles. The van der Waals surface area contributed by atoms with Crippen molar-refractivity contribution < 1.29 is 31.9 Å². The Hall–Kier alpha value is -3.18. The quantitative estimate of drug-likeness (QED) is 0.658. The molecule has 2 heterocycles. The molecular weight excluding hydrogens is 410 g/mol. The fraction of sp³-hybridized carbons (Fsp3) is 0.444. The molecule has 1 unspecified atom stereocenters. The molecule has 30 heavy (non-hydrogen) atoms. The molecule has 12 heteroatoms. The lowest BCUT2D eigenvalue weighted by Gasteiger charge is -2.13. The van der Waals surface area contributed by atoms with Crippen LogP contribution in [-0.2, 0) is 6.54 Å². The summed E-state index contributed by atoms with van der Waals surface area (Å²) in [7, 11) is 0. The minimum Gasteiger partial charge on any atom is -0.415 e. The van der Waals surface area contributed by atoms with Gasteiger partial charge in [-0.1, -0.05) is 0 Å². The number of hydrogen-bond acceptors (Lipinski definition) is 5. The summed E-state index contributed by atoms with van der Waals surface area (Å²) in [5.74, 6) is -5.29. The molecule has 162 valence electrons. The Morgan fingerprint density at radius 3 is 2.77 bits per heavy atom. The molecule has 1 aliphatic carbocycles. The molecule has 3 N–H and O–H groups in total. The number of amides is 2. The molecule has 1 fully saturated rings. The Labute approximate surface area is 168 Å². The molecular formula is C18H19F4N5O3. The summed E-state index contributed by atoms with van der Waals surface area (Å²) in [5.41, 5.74) is 5.17. The monoisotopic (exact) mass is 429 g/mol. The van der Waals surface area contributed by atoms with E-state index < -0.39 is 36.1 Å². The van der Waals surface area contributed by atoms with Gasteiger partial charge in [0.1, 0.15) is 11.4 Å². The number of nitrogens with two attached hydrogens (primary N) is 1. The van der Waals surface area contributed by atoms with Crippen molar-refractivity contribution in [1.29, 1.82) is 0 Å². The van der Waals surface area contributed by atoms with E-state index >= 15 is 0 Å². The second-order valence-corrected chi connectivity index (χ2v) is 7.05. The van der Waals surface area contributed by atoms with Crippen molar-refractivity contribution in [3.63, 3.8) is 0 Å². The Kier molecular flexibility index (Phi) is 5.94. The molecule has 0 saturated heterocycles. The van der Waals surface area contributed by atoms with Crippen molar-refractivity contribution in [3.8, 4) is 5.88 Å². The van der Waals surface area contributed by atoms with Crippen molar-refractivity contribution in [2.75, 3.05) is 5.32 Å². The third kappa shape index (κ3) is 4.86. The molecule has 1 atom stereocenters.